The molecular weight excluding hydrogens is 212 g/mol. The highest BCUT2D eigenvalue weighted by Crippen LogP contribution is 2.49. The SMILES string of the molecule is CCC(C)(C)CC(C)(CC(=O)OC)C(C)(C)C. The predicted molar refractivity (Wildman–Crippen MR) is 72.9 cm³/mol. The first-order valence-corrected chi connectivity index (χ1v) is 6.54. The molecule has 0 aromatic carbocycles. The maximum absolute atomic E-state index is 11.6. The minimum Gasteiger partial charge on any atom is -0.469 e. The third-order valence-electron chi connectivity index (χ3n) is 4.40. The number of esters is 1. The van der Waals surface area contributed by atoms with Gasteiger partial charge in [-0.15, -0.1) is 0 Å². The van der Waals surface area contributed by atoms with Crippen LogP contribution in [0.1, 0.15) is 67.7 Å². The van der Waals surface area contributed by atoms with Crippen molar-refractivity contribution in [3.05, 3.63) is 0 Å². The van der Waals surface area contributed by atoms with Crippen LogP contribution in [-0.4, -0.2) is 13.1 Å². The van der Waals surface area contributed by atoms with Crippen LogP contribution in [0, 0.1) is 16.2 Å². The molecule has 0 aromatic rings. The number of carbonyl (C=O) groups excluding carboxylic acids is 1. The van der Waals surface area contributed by atoms with Crippen molar-refractivity contribution in [3.8, 4) is 0 Å². The fourth-order valence-electron chi connectivity index (χ4n) is 2.16. The molecule has 0 saturated heterocycles. The summed E-state index contributed by atoms with van der Waals surface area (Å²) in [5.41, 5.74) is 0.323. The molecule has 0 aliphatic heterocycles. The number of carbonyl (C=O) groups is 1. The van der Waals surface area contributed by atoms with Gasteiger partial charge in [0.2, 0.25) is 0 Å². The molecule has 0 aromatic heterocycles. The Morgan fingerprint density at radius 1 is 1.06 bits per heavy atom. The van der Waals surface area contributed by atoms with Crippen LogP contribution in [0.5, 0.6) is 0 Å². The number of methoxy groups -OCH3 is 1. The summed E-state index contributed by atoms with van der Waals surface area (Å²) in [6, 6.07) is 0. The Morgan fingerprint density at radius 2 is 1.53 bits per heavy atom. The zero-order valence-electron chi connectivity index (χ0n) is 12.9. The standard InChI is InChI=1S/C15H30O2/c1-9-14(5,6)11-15(7,13(2,3)4)10-12(16)17-8/h9-11H2,1-8H3. The number of hydrogen-bond acceptors (Lipinski definition) is 2. The number of hydrogen-bond donors (Lipinski definition) is 0. The summed E-state index contributed by atoms with van der Waals surface area (Å²) in [6.07, 6.45) is 2.66. The molecule has 0 amide bonds. The van der Waals surface area contributed by atoms with Crippen LogP contribution in [0.3, 0.4) is 0 Å². The molecule has 0 saturated carbocycles. The lowest BCUT2D eigenvalue weighted by Crippen LogP contribution is -2.39. The number of ether oxygens (including phenoxy) is 1. The van der Waals surface area contributed by atoms with E-state index in [1.165, 1.54) is 7.11 Å². The van der Waals surface area contributed by atoms with Gasteiger partial charge in [-0.3, -0.25) is 4.79 Å². The summed E-state index contributed by atoms with van der Waals surface area (Å²) in [4.78, 5) is 11.6. The summed E-state index contributed by atoms with van der Waals surface area (Å²) >= 11 is 0. The smallest absolute Gasteiger partial charge is 0.306 e. The molecule has 0 aliphatic rings. The summed E-state index contributed by atoms with van der Waals surface area (Å²) < 4.78 is 4.85. The van der Waals surface area contributed by atoms with Crippen molar-refractivity contribution >= 4 is 5.97 Å². The van der Waals surface area contributed by atoms with Gasteiger partial charge < -0.3 is 4.74 Å². The quantitative estimate of drug-likeness (QED) is 0.667. The molecule has 0 radical (unpaired) electrons. The first kappa shape index (κ1) is 16.5. The van der Waals surface area contributed by atoms with Crippen molar-refractivity contribution in [3.63, 3.8) is 0 Å². The van der Waals surface area contributed by atoms with Gasteiger partial charge in [0.1, 0.15) is 0 Å². The third-order valence-corrected chi connectivity index (χ3v) is 4.40. The highest BCUT2D eigenvalue weighted by Gasteiger charge is 2.42. The summed E-state index contributed by atoms with van der Waals surface area (Å²) in [6.45, 7) is 15.6. The molecule has 2 nitrogen and oxygen atoms in total. The maximum atomic E-state index is 11.6. The molecule has 0 aliphatic carbocycles. The molecular formula is C15H30O2. The van der Waals surface area contributed by atoms with E-state index in [1.807, 2.05) is 0 Å². The lowest BCUT2D eigenvalue weighted by molar-refractivity contribution is -0.146. The van der Waals surface area contributed by atoms with Gasteiger partial charge in [-0.2, -0.15) is 0 Å². The fourth-order valence-corrected chi connectivity index (χ4v) is 2.16. The van der Waals surface area contributed by atoms with Gasteiger partial charge in [0.15, 0.2) is 0 Å². The second-order valence-electron chi connectivity index (χ2n) is 7.26. The van der Waals surface area contributed by atoms with Crippen LogP contribution in [0.15, 0.2) is 0 Å². The second kappa shape index (κ2) is 5.41. The second-order valence-corrected chi connectivity index (χ2v) is 7.26. The molecule has 0 spiro atoms. The summed E-state index contributed by atoms with van der Waals surface area (Å²) in [5, 5.41) is 0. The molecule has 0 N–H and O–H groups in total. The molecule has 2 heteroatoms. The molecule has 0 bridgehead atoms. The predicted octanol–water partition coefficient (Wildman–Crippen LogP) is 4.43. The van der Waals surface area contributed by atoms with E-state index >= 15 is 0 Å². The van der Waals surface area contributed by atoms with E-state index in [0.717, 1.165) is 12.8 Å². The van der Waals surface area contributed by atoms with Crippen molar-refractivity contribution in [2.24, 2.45) is 16.2 Å². The molecule has 0 heterocycles. The van der Waals surface area contributed by atoms with Gasteiger partial charge in [-0.25, -0.2) is 0 Å². The molecule has 102 valence electrons. The fraction of sp³-hybridized carbons (Fsp3) is 0.933. The van der Waals surface area contributed by atoms with Crippen molar-refractivity contribution in [1.29, 1.82) is 0 Å². The molecule has 1 atom stereocenters. The Morgan fingerprint density at radius 3 is 1.82 bits per heavy atom. The first-order chi connectivity index (χ1) is 7.47. The van der Waals surface area contributed by atoms with Gasteiger partial charge in [0.05, 0.1) is 13.5 Å². The highest BCUT2D eigenvalue weighted by atomic mass is 16.5. The van der Waals surface area contributed by atoms with Crippen LogP contribution in [0.4, 0.5) is 0 Å². The van der Waals surface area contributed by atoms with Crippen LogP contribution >= 0.6 is 0 Å². The Balaban J connectivity index is 5.06. The lowest BCUT2D eigenvalue weighted by atomic mass is 9.59. The highest BCUT2D eigenvalue weighted by molar-refractivity contribution is 5.70. The Hall–Kier alpha value is -0.530. The molecule has 0 fully saturated rings. The maximum Gasteiger partial charge on any atom is 0.306 e. The van der Waals surface area contributed by atoms with Gasteiger partial charge >= 0.3 is 5.97 Å². The zero-order valence-corrected chi connectivity index (χ0v) is 12.9. The van der Waals surface area contributed by atoms with Gasteiger partial charge in [0, 0.05) is 0 Å². The zero-order chi connectivity index (χ0) is 13.9. The molecule has 0 rings (SSSR count). The van der Waals surface area contributed by atoms with Gasteiger partial charge in [-0.05, 0) is 22.7 Å². The average Bonchev–Trinajstić information content (AvgIpc) is 2.15. The third kappa shape index (κ3) is 4.69. The van der Waals surface area contributed by atoms with Crippen molar-refractivity contribution in [2.45, 2.75) is 67.7 Å². The molecule has 17 heavy (non-hydrogen) atoms. The minimum absolute atomic E-state index is 0.0282. The lowest BCUT2D eigenvalue weighted by Gasteiger charge is -2.46. The first-order valence-electron chi connectivity index (χ1n) is 6.54. The Kier molecular flexibility index (Phi) is 5.24. The Bertz CT molecular complexity index is 261. The van der Waals surface area contributed by atoms with Crippen LogP contribution < -0.4 is 0 Å². The van der Waals surface area contributed by atoms with E-state index in [9.17, 15) is 4.79 Å². The van der Waals surface area contributed by atoms with Crippen molar-refractivity contribution in [1.82, 2.24) is 0 Å². The van der Waals surface area contributed by atoms with Crippen molar-refractivity contribution in [2.75, 3.05) is 7.11 Å². The van der Waals surface area contributed by atoms with Gasteiger partial charge in [-0.1, -0.05) is 54.9 Å². The Labute approximate surface area is 107 Å². The topological polar surface area (TPSA) is 26.3 Å². The van der Waals surface area contributed by atoms with Gasteiger partial charge in [0.25, 0.3) is 0 Å². The van der Waals surface area contributed by atoms with Crippen LogP contribution in [0.25, 0.3) is 0 Å². The number of rotatable bonds is 5. The minimum atomic E-state index is -0.102. The van der Waals surface area contributed by atoms with Crippen LogP contribution in [0.2, 0.25) is 0 Å². The summed E-state index contributed by atoms with van der Waals surface area (Å²) in [7, 11) is 1.47. The molecule has 1 unspecified atom stereocenters. The normalized spacial score (nSPS) is 16.5. The van der Waals surface area contributed by atoms with Crippen molar-refractivity contribution < 1.29 is 9.53 Å². The summed E-state index contributed by atoms with van der Waals surface area (Å²) in [5.74, 6) is -0.102. The largest absolute Gasteiger partial charge is 0.469 e. The van der Waals surface area contributed by atoms with E-state index in [2.05, 4.69) is 48.5 Å². The van der Waals surface area contributed by atoms with E-state index in [0.29, 0.717) is 6.42 Å². The van der Waals surface area contributed by atoms with E-state index in [-0.39, 0.29) is 22.2 Å². The van der Waals surface area contributed by atoms with Crippen LogP contribution in [-0.2, 0) is 9.53 Å². The van der Waals surface area contributed by atoms with E-state index in [4.69, 9.17) is 4.74 Å². The monoisotopic (exact) mass is 242 g/mol. The average molecular weight is 242 g/mol. The van der Waals surface area contributed by atoms with E-state index < -0.39 is 0 Å². The van der Waals surface area contributed by atoms with E-state index in [1.54, 1.807) is 0 Å².